The first kappa shape index (κ1) is 25.0. The molecule has 1 aliphatic heterocycles. The lowest BCUT2D eigenvalue weighted by Crippen LogP contribution is -2.34. The van der Waals surface area contributed by atoms with Crippen LogP contribution in [-0.4, -0.2) is 41.9 Å². The molecule has 2 aliphatic rings. The van der Waals surface area contributed by atoms with Crippen molar-refractivity contribution in [3.05, 3.63) is 83.7 Å². The Morgan fingerprint density at radius 1 is 1.16 bits per heavy atom. The van der Waals surface area contributed by atoms with Crippen molar-refractivity contribution in [2.24, 2.45) is 5.92 Å². The molecule has 1 aromatic heterocycles. The summed E-state index contributed by atoms with van der Waals surface area (Å²) in [5.74, 6) is -2.28. The number of methoxy groups -OCH3 is 2. The van der Waals surface area contributed by atoms with E-state index in [4.69, 9.17) is 14.2 Å². The third kappa shape index (κ3) is 4.39. The molecule has 1 spiro atoms. The fraction of sp³-hybridized carbons (Fsp3) is 0.333. The standard InChI is InChI=1S/C27H24F4N2O4/c1-35-22-8-7-19(33-12-11-32-25(33)27(29,30)31)13-21(22)17-14-26(37-15-17)10-9-20(24(34)36-2)23(26)16-3-5-18(28)6-4-16/h3-8,11-14,20,23H,9-10,15H2,1-2H3/t20-,23+,26+/m0/s1. The van der Waals surface area contributed by atoms with Crippen molar-refractivity contribution in [3.63, 3.8) is 0 Å². The average molecular weight is 516 g/mol. The molecule has 5 rings (SSSR count). The van der Waals surface area contributed by atoms with Crippen molar-refractivity contribution >= 4 is 11.5 Å². The molecule has 2 heterocycles. The van der Waals surface area contributed by atoms with Gasteiger partial charge in [0.25, 0.3) is 0 Å². The van der Waals surface area contributed by atoms with Gasteiger partial charge < -0.3 is 14.2 Å². The van der Waals surface area contributed by atoms with Gasteiger partial charge in [0.1, 0.15) is 11.6 Å². The van der Waals surface area contributed by atoms with Crippen LogP contribution in [0, 0.1) is 11.7 Å². The molecule has 10 heteroatoms. The fourth-order valence-electron chi connectivity index (χ4n) is 5.52. The molecule has 3 atom stereocenters. The van der Waals surface area contributed by atoms with E-state index in [0.29, 0.717) is 29.7 Å². The van der Waals surface area contributed by atoms with Crippen molar-refractivity contribution in [3.8, 4) is 11.4 Å². The molecule has 6 nitrogen and oxygen atoms in total. The van der Waals surface area contributed by atoms with E-state index < -0.39 is 35.3 Å². The Bertz CT molecular complexity index is 1350. The monoisotopic (exact) mass is 516 g/mol. The van der Waals surface area contributed by atoms with Crippen LogP contribution >= 0.6 is 0 Å². The molecule has 0 unspecified atom stereocenters. The van der Waals surface area contributed by atoms with Crippen LogP contribution in [0.2, 0.25) is 0 Å². The highest BCUT2D eigenvalue weighted by Gasteiger charge is 2.54. The Morgan fingerprint density at radius 3 is 2.59 bits per heavy atom. The van der Waals surface area contributed by atoms with Gasteiger partial charge in [-0.05, 0) is 60.4 Å². The van der Waals surface area contributed by atoms with E-state index in [2.05, 4.69) is 4.98 Å². The summed E-state index contributed by atoms with van der Waals surface area (Å²) in [7, 11) is 2.81. The van der Waals surface area contributed by atoms with Gasteiger partial charge in [0.15, 0.2) is 0 Å². The number of esters is 1. The summed E-state index contributed by atoms with van der Waals surface area (Å²) < 4.78 is 72.0. The molecule has 1 fully saturated rings. The number of hydrogen-bond donors (Lipinski definition) is 0. The molecular formula is C27H24F4N2O4. The summed E-state index contributed by atoms with van der Waals surface area (Å²) >= 11 is 0. The SMILES string of the molecule is COC(=O)[C@H]1CC[C@@]2(C=C(c3cc(-n4ccnc4C(F)(F)F)ccc3OC)CO2)[C@@H]1c1ccc(F)cc1. The molecule has 1 aliphatic carbocycles. The zero-order valence-electron chi connectivity index (χ0n) is 20.1. The molecule has 1 saturated carbocycles. The Balaban J connectivity index is 1.58. The maximum atomic E-state index is 13.7. The Kier molecular flexibility index (Phi) is 6.31. The van der Waals surface area contributed by atoms with Gasteiger partial charge in [-0.15, -0.1) is 0 Å². The summed E-state index contributed by atoms with van der Waals surface area (Å²) in [4.78, 5) is 16.1. The molecule has 0 N–H and O–H groups in total. The average Bonchev–Trinajstić information content (AvgIpc) is 3.63. The molecule has 37 heavy (non-hydrogen) atoms. The Morgan fingerprint density at radius 2 is 1.92 bits per heavy atom. The van der Waals surface area contributed by atoms with Crippen molar-refractivity contribution < 1.29 is 36.6 Å². The minimum absolute atomic E-state index is 0.154. The molecule has 3 aromatic rings. The van der Waals surface area contributed by atoms with E-state index in [9.17, 15) is 22.4 Å². The van der Waals surface area contributed by atoms with Crippen molar-refractivity contribution in [1.29, 1.82) is 0 Å². The third-order valence-electron chi connectivity index (χ3n) is 7.12. The Hall–Kier alpha value is -3.66. The van der Waals surface area contributed by atoms with Crippen molar-refractivity contribution in [2.45, 2.75) is 30.5 Å². The summed E-state index contributed by atoms with van der Waals surface area (Å²) in [6, 6.07) is 10.7. The van der Waals surface area contributed by atoms with Crippen LogP contribution in [0.15, 0.2) is 60.9 Å². The van der Waals surface area contributed by atoms with Gasteiger partial charge in [0.2, 0.25) is 5.82 Å². The predicted octanol–water partition coefficient (Wildman–Crippen LogP) is 5.56. The molecule has 0 bridgehead atoms. The molecule has 0 saturated heterocycles. The van der Waals surface area contributed by atoms with Crippen LogP contribution in [0.25, 0.3) is 11.3 Å². The predicted molar refractivity (Wildman–Crippen MR) is 126 cm³/mol. The second-order valence-electron chi connectivity index (χ2n) is 9.11. The molecule has 0 radical (unpaired) electrons. The highest BCUT2D eigenvalue weighted by molar-refractivity contribution is 5.78. The topological polar surface area (TPSA) is 62.6 Å². The van der Waals surface area contributed by atoms with Gasteiger partial charge in [-0.1, -0.05) is 12.1 Å². The van der Waals surface area contributed by atoms with Crippen LogP contribution in [0.4, 0.5) is 17.6 Å². The first-order chi connectivity index (χ1) is 17.7. The molecule has 2 aromatic carbocycles. The zero-order chi connectivity index (χ0) is 26.4. The van der Waals surface area contributed by atoms with E-state index in [1.807, 2.05) is 6.08 Å². The second kappa shape index (κ2) is 9.33. The van der Waals surface area contributed by atoms with Crippen molar-refractivity contribution in [2.75, 3.05) is 20.8 Å². The maximum Gasteiger partial charge on any atom is 0.450 e. The number of aromatic nitrogens is 2. The normalized spacial score (nSPS) is 23.4. The minimum atomic E-state index is -4.63. The van der Waals surface area contributed by atoms with Crippen molar-refractivity contribution in [1.82, 2.24) is 9.55 Å². The maximum absolute atomic E-state index is 13.7. The highest BCUT2D eigenvalue weighted by atomic mass is 19.4. The summed E-state index contributed by atoms with van der Waals surface area (Å²) in [6.07, 6.45) is 0.652. The number of nitrogens with zero attached hydrogens (tertiary/aromatic N) is 2. The first-order valence-corrected chi connectivity index (χ1v) is 11.6. The van der Waals surface area contributed by atoms with Crippen LogP contribution < -0.4 is 4.74 Å². The number of carbonyl (C=O) groups excluding carboxylic acids is 1. The number of rotatable bonds is 5. The van der Waals surface area contributed by atoms with E-state index in [-0.39, 0.29) is 18.3 Å². The lowest BCUT2D eigenvalue weighted by molar-refractivity contribution is -0.147. The lowest BCUT2D eigenvalue weighted by Gasteiger charge is -2.31. The van der Waals surface area contributed by atoms with Gasteiger partial charge in [-0.3, -0.25) is 9.36 Å². The second-order valence-corrected chi connectivity index (χ2v) is 9.11. The van der Waals surface area contributed by atoms with Crippen LogP contribution in [0.5, 0.6) is 5.75 Å². The van der Waals surface area contributed by atoms with Gasteiger partial charge in [-0.2, -0.15) is 13.2 Å². The Labute approximate surface area is 210 Å². The lowest BCUT2D eigenvalue weighted by atomic mass is 9.79. The number of alkyl halides is 3. The summed E-state index contributed by atoms with van der Waals surface area (Å²) in [5, 5.41) is 0. The largest absolute Gasteiger partial charge is 0.496 e. The van der Waals surface area contributed by atoms with E-state index >= 15 is 0 Å². The number of imidazole rings is 1. The highest BCUT2D eigenvalue weighted by Crippen LogP contribution is 2.54. The number of ether oxygens (including phenoxy) is 3. The molecular weight excluding hydrogens is 492 g/mol. The van der Waals surface area contributed by atoms with Crippen LogP contribution in [0.1, 0.15) is 35.7 Å². The number of benzene rings is 2. The molecule has 0 amide bonds. The third-order valence-corrected chi connectivity index (χ3v) is 7.12. The zero-order valence-corrected chi connectivity index (χ0v) is 20.1. The number of carbonyl (C=O) groups is 1. The molecule has 194 valence electrons. The van der Waals surface area contributed by atoms with E-state index in [0.717, 1.165) is 16.3 Å². The van der Waals surface area contributed by atoms with E-state index in [1.54, 1.807) is 24.3 Å². The van der Waals surface area contributed by atoms with Gasteiger partial charge in [-0.25, -0.2) is 9.37 Å². The van der Waals surface area contributed by atoms with E-state index in [1.165, 1.54) is 38.6 Å². The van der Waals surface area contributed by atoms with Gasteiger partial charge in [0.05, 0.1) is 32.3 Å². The number of halogens is 4. The first-order valence-electron chi connectivity index (χ1n) is 11.6. The summed E-state index contributed by atoms with van der Waals surface area (Å²) in [6.45, 7) is 0.154. The summed E-state index contributed by atoms with van der Waals surface area (Å²) in [5.41, 5.74) is 1.40. The van der Waals surface area contributed by atoms with Crippen LogP contribution in [-0.2, 0) is 20.4 Å². The van der Waals surface area contributed by atoms with Gasteiger partial charge in [0, 0.05) is 29.6 Å². The number of hydrogen-bond acceptors (Lipinski definition) is 5. The quantitative estimate of drug-likeness (QED) is 0.328. The fourth-order valence-corrected chi connectivity index (χ4v) is 5.52. The van der Waals surface area contributed by atoms with Crippen LogP contribution in [0.3, 0.4) is 0 Å². The minimum Gasteiger partial charge on any atom is -0.496 e. The smallest absolute Gasteiger partial charge is 0.450 e. The van der Waals surface area contributed by atoms with Gasteiger partial charge >= 0.3 is 12.1 Å².